The van der Waals surface area contributed by atoms with Gasteiger partial charge in [-0.15, -0.1) is 0 Å². The number of nitrogens with zero attached hydrogens (tertiary/aromatic N) is 6. The highest BCUT2D eigenvalue weighted by molar-refractivity contribution is 7.96. The minimum absolute atomic E-state index is 0.0600. The maximum Gasteiger partial charge on any atom is 0.419 e. The Balaban J connectivity index is 1.57. The number of aromatic nitrogens is 4. The number of piperazine rings is 1. The van der Waals surface area contributed by atoms with Crippen molar-refractivity contribution in [3.63, 3.8) is 0 Å². The lowest BCUT2D eigenvalue weighted by atomic mass is 9.91. The molecule has 1 aromatic carbocycles. The van der Waals surface area contributed by atoms with Crippen molar-refractivity contribution in [2.45, 2.75) is 31.6 Å². The van der Waals surface area contributed by atoms with Crippen molar-refractivity contribution in [2.24, 2.45) is 7.05 Å². The SMILES string of the molecule is CSN1C2CC1CN(c1ncc3c(-c4cc(C(F)(F)F)c(F)c(C)c4F)nn(C)c3n1)C2. The Hall–Kier alpha value is -2.47. The monoisotopic (exact) mass is 470 g/mol. The molecule has 2 bridgehead atoms. The maximum absolute atomic E-state index is 14.8. The molecule has 2 unspecified atom stereocenters. The second-order valence-electron chi connectivity index (χ2n) is 8.09. The summed E-state index contributed by atoms with van der Waals surface area (Å²) < 4.78 is 72.6. The third-order valence-electron chi connectivity index (χ3n) is 6.17. The molecule has 2 aromatic heterocycles. The van der Waals surface area contributed by atoms with Crippen LogP contribution in [0.25, 0.3) is 22.3 Å². The van der Waals surface area contributed by atoms with E-state index in [1.165, 1.54) is 10.9 Å². The van der Waals surface area contributed by atoms with Gasteiger partial charge in [0.2, 0.25) is 5.95 Å². The molecule has 170 valence electrons. The van der Waals surface area contributed by atoms with Gasteiger partial charge in [0, 0.05) is 49.5 Å². The van der Waals surface area contributed by atoms with Crippen LogP contribution in [0.1, 0.15) is 17.5 Å². The van der Waals surface area contributed by atoms with Gasteiger partial charge < -0.3 is 4.90 Å². The fourth-order valence-electron chi connectivity index (χ4n) is 4.57. The number of aryl methyl sites for hydroxylation is 1. The lowest BCUT2D eigenvalue weighted by Crippen LogP contribution is -2.66. The average Bonchev–Trinajstić information content (AvgIpc) is 3.07. The summed E-state index contributed by atoms with van der Waals surface area (Å²) in [4.78, 5) is 11.0. The Morgan fingerprint density at radius 1 is 1.12 bits per heavy atom. The van der Waals surface area contributed by atoms with Crippen LogP contribution in [0.2, 0.25) is 0 Å². The minimum atomic E-state index is -4.97. The normalized spacial score (nSPS) is 21.3. The van der Waals surface area contributed by atoms with Gasteiger partial charge >= 0.3 is 6.18 Å². The van der Waals surface area contributed by atoms with Crippen LogP contribution in [-0.4, -0.2) is 55.5 Å². The third-order valence-corrected chi connectivity index (χ3v) is 7.19. The first-order chi connectivity index (χ1) is 15.1. The highest BCUT2D eigenvalue weighted by atomic mass is 32.2. The zero-order valence-electron chi connectivity index (χ0n) is 17.4. The maximum atomic E-state index is 14.8. The molecule has 2 atom stereocenters. The molecule has 0 N–H and O–H groups in total. The molecule has 0 amide bonds. The van der Waals surface area contributed by atoms with Crippen LogP contribution >= 0.6 is 11.9 Å². The minimum Gasteiger partial charge on any atom is -0.338 e. The summed E-state index contributed by atoms with van der Waals surface area (Å²) in [6.45, 7) is 2.52. The van der Waals surface area contributed by atoms with E-state index in [4.69, 9.17) is 0 Å². The van der Waals surface area contributed by atoms with Gasteiger partial charge in [-0.3, -0.25) is 0 Å². The molecule has 3 fully saturated rings. The summed E-state index contributed by atoms with van der Waals surface area (Å²) >= 11 is 1.72. The Morgan fingerprint density at radius 3 is 2.44 bits per heavy atom. The van der Waals surface area contributed by atoms with Gasteiger partial charge in [-0.1, -0.05) is 11.9 Å². The van der Waals surface area contributed by atoms with Gasteiger partial charge in [0.05, 0.1) is 10.9 Å². The standard InChI is InChI=1S/C20H19F5N6S/c1-9-15(21)12(5-14(16(9)22)20(23,24)25)17-13-6-26-19(27-18(13)29(2)28-17)30-7-10-4-11(8-30)31(10)32-3/h5-6,10-11H,4,7-8H2,1-3H3. The summed E-state index contributed by atoms with van der Waals surface area (Å²) in [6.07, 6.45) is -0.349. The summed E-state index contributed by atoms with van der Waals surface area (Å²) in [6, 6.07) is 1.30. The summed E-state index contributed by atoms with van der Waals surface area (Å²) in [5.41, 5.74) is -2.38. The van der Waals surface area contributed by atoms with Gasteiger partial charge in [0.15, 0.2) is 5.65 Å². The first kappa shape index (κ1) is 21.4. The van der Waals surface area contributed by atoms with Gasteiger partial charge in [-0.25, -0.2) is 22.8 Å². The fourth-order valence-corrected chi connectivity index (χ4v) is 5.47. The van der Waals surface area contributed by atoms with Crippen LogP contribution < -0.4 is 4.90 Å². The van der Waals surface area contributed by atoms with Crippen LogP contribution in [-0.2, 0) is 13.2 Å². The Morgan fingerprint density at radius 2 is 1.81 bits per heavy atom. The first-order valence-electron chi connectivity index (χ1n) is 9.93. The zero-order chi connectivity index (χ0) is 22.9. The zero-order valence-corrected chi connectivity index (χ0v) is 18.2. The van der Waals surface area contributed by atoms with Crippen LogP contribution in [0.3, 0.4) is 0 Å². The van der Waals surface area contributed by atoms with E-state index >= 15 is 0 Å². The van der Waals surface area contributed by atoms with Crippen molar-refractivity contribution in [2.75, 3.05) is 24.2 Å². The molecule has 0 saturated carbocycles. The van der Waals surface area contributed by atoms with Crippen molar-refractivity contribution >= 4 is 28.9 Å². The van der Waals surface area contributed by atoms with Crippen molar-refractivity contribution < 1.29 is 22.0 Å². The molecule has 5 heterocycles. The van der Waals surface area contributed by atoms with Crippen molar-refractivity contribution in [1.82, 2.24) is 24.1 Å². The second-order valence-corrected chi connectivity index (χ2v) is 8.88. The van der Waals surface area contributed by atoms with E-state index < -0.39 is 34.5 Å². The highest BCUT2D eigenvalue weighted by Crippen LogP contribution is 2.40. The van der Waals surface area contributed by atoms with E-state index in [1.54, 1.807) is 19.0 Å². The average molecular weight is 470 g/mol. The third kappa shape index (κ3) is 3.14. The number of piperidine rings is 1. The van der Waals surface area contributed by atoms with Gasteiger partial charge in [-0.05, 0) is 25.7 Å². The quantitative estimate of drug-likeness (QED) is 0.423. The summed E-state index contributed by atoms with van der Waals surface area (Å²) in [5, 5.41) is 4.50. The number of halogens is 5. The Labute approximate surface area is 184 Å². The van der Waals surface area contributed by atoms with Crippen LogP contribution in [0.15, 0.2) is 12.3 Å². The number of anilines is 1. The van der Waals surface area contributed by atoms with Crippen LogP contribution in [0.4, 0.5) is 27.9 Å². The summed E-state index contributed by atoms with van der Waals surface area (Å²) in [7, 11) is 1.57. The van der Waals surface area contributed by atoms with Crippen LogP contribution in [0.5, 0.6) is 0 Å². The lowest BCUT2D eigenvalue weighted by Gasteiger charge is -2.55. The first-order valence-corrected chi connectivity index (χ1v) is 11.1. The molecule has 6 nitrogen and oxygen atoms in total. The topological polar surface area (TPSA) is 50.1 Å². The number of alkyl halides is 3. The van der Waals surface area contributed by atoms with Crippen molar-refractivity contribution in [1.29, 1.82) is 0 Å². The molecule has 3 aliphatic heterocycles. The molecular weight excluding hydrogens is 451 g/mol. The predicted octanol–water partition coefficient (Wildman–Crippen LogP) is 4.18. The van der Waals surface area contributed by atoms with Gasteiger partial charge in [-0.2, -0.15) is 23.3 Å². The smallest absolute Gasteiger partial charge is 0.338 e. The molecule has 3 saturated heterocycles. The Kier molecular flexibility index (Phi) is 4.86. The van der Waals surface area contributed by atoms with E-state index in [1.807, 2.05) is 0 Å². The number of hydrogen-bond acceptors (Lipinski definition) is 6. The number of fused-ring (bicyclic) bond motifs is 3. The van der Waals surface area contributed by atoms with E-state index in [9.17, 15) is 22.0 Å². The number of hydrogen-bond donors (Lipinski definition) is 0. The number of benzene rings is 1. The van der Waals surface area contributed by atoms with Crippen molar-refractivity contribution in [3.05, 3.63) is 35.0 Å². The molecule has 3 aliphatic rings. The molecule has 6 rings (SSSR count). The lowest BCUT2D eigenvalue weighted by molar-refractivity contribution is -0.140. The van der Waals surface area contributed by atoms with E-state index in [0.29, 0.717) is 35.1 Å². The largest absolute Gasteiger partial charge is 0.419 e. The summed E-state index contributed by atoms with van der Waals surface area (Å²) in [5.74, 6) is -2.22. The molecular formula is C20H19F5N6S. The van der Waals surface area contributed by atoms with E-state index in [2.05, 4.69) is 30.5 Å². The molecule has 12 heteroatoms. The highest BCUT2D eigenvalue weighted by Gasteiger charge is 2.45. The van der Waals surface area contributed by atoms with E-state index in [-0.39, 0.29) is 5.69 Å². The second kappa shape index (κ2) is 7.27. The molecule has 0 aliphatic carbocycles. The Bertz CT molecular complexity index is 1210. The predicted molar refractivity (Wildman–Crippen MR) is 111 cm³/mol. The molecule has 32 heavy (non-hydrogen) atoms. The van der Waals surface area contributed by atoms with Crippen molar-refractivity contribution in [3.8, 4) is 11.3 Å². The fraction of sp³-hybridized carbons (Fsp3) is 0.450. The van der Waals surface area contributed by atoms with Crippen LogP contribution in [0, 0.1) is 18.6 Å². The van der Waals surface area contributed by atoms with Gasteiger partial charge in [0.1, 0.15) is 17.3 Å². The van der Waals surface area contributed by atoms with E-state index in [0.717, 1.165) is 26.4 Å². The molecule has 3 aromatic rings. The molecule has 0 spiro atoms. The van der Waals surface area contributed by atoms with Gasteiger partial charge in [0.25, 0.3) is 0 Å². The molecule has 0 radical (unpaired) electrons. The number of rotatable bonds is 3.